The number of fused-ring (bicyclic) bond motifs is 3. The van der Waals surface area contributed by atoms with Gasteiger partial charge in [0.25, 0.3) is 11.8 Å². The Bertz CT molecular complexity index is 2000. The zero-order valence-electron chi connectivity index (χ0n) is 23.0. The summed E-state index contributed by atoms with van der Waals surface area (Å²) >= 11 is 6.48. The molecule has 0 aliphatic carbocycles. The number of ether oxygens (including phenoxy) is 1. The van der Waals surface area contributed by atoms with Crippen molar-refractivity contribution in [1.29, 1.82) is 0 Å². The fourth-order valence-corrected chi connectivity index (χ4v) is 5.61. The number of amides is 2. The number of methoxy groups -OCH3 is 1. The van der Waals surface area contributed by atoms with E-state index in [9.17, 15) is 36.6 Å². The lowest BCUT2D eigenvalue weighted by Crippen LogP contribution is -2.44. The molecule has 2 N–H and O–H groups in total. The number of pyridine rings is 1. The Kier molecular flexibility index (Phi) is 7.25. The topological polar surface area (TPSA) is 96.2 Å². The SMILES string of the molecule is COc1ccc(CN2C(=O)c3c(c(NC(=O)c4cc(F)cc(C(F)(F)F)c4)cn4ccnc34)C2(O)c2cc(F)ccc2Cl)cc1. The Morgan fingerprint density at radius 1 is 1.07 bits per heavy atom. The number of nitrogens with zero attached hydrogens (tertiary/aromatic N) is 3. The van der Waals surface area contributed by atoms with Crippen LogP contribution in [0.15, 0.2) is 79.3 Å². The van der Waals surface area contributed by atoms with Crippen LogP contribution in [0.25, 0.3) is 5.65 Å². The molecule has 5 aromatic rings. The van der Waals surface area contributed by atoms with Crippen molar-refractivity contribution >= 4 is 34.7 Å². The quantitative estimate of drug-likeness (QED) is 0.209. The lowest BCUT2D eigenvalue weighted by molar-refractivity contribution is -0.137. The van der Waals surface area contributed by atoms with Crippen LogP contribution in [0, 0.1) is 11.6 Å². The first-order chi connectivity index (χ1) is 21.3. The lowest BCUT2D eigenvalue weighted by Gasteiger charge is -2.36. The molecule has 230 valence electrons. The minimum absolute atomic E-state index is 0.0568. The standard InChI is InChI=1S/C31H20ClF5N4O4/c1-45-21-5-2-16(3-6-21)14-41-29(43)25-26(30(41,44)22-13-19(33)4-7-23(22)32)24(15-40-9-8-38-27(25)40)39-28(42)17-10-18(31(35,36)37)12-20(34)11-17/h2-13,15,44H,14H2,1H3,(H,39,42). The zero-order valence-corrected chi connectivity index (χ0v) is 23.7. The second-order valence-corrected chi connectivity index (χ2v) is 10.6. The molecule has 6 rings (SSSR count). The number of carbonyl (C=O) groups excluding carboxylic acids is 2. The van der Waals surface area contributed by atoms with Crippen LogP contribution in [0.3, 0.4) is 0 Å². The summed E-state index contributed by atoms with van der Waals surface area (Å²) in [6.45, 7) is -0.250. The number of aromatic nitrogens is 2. The maximum Gasteiger partial charge on any atom is 0.416 e. The maximum atomic E-state index is 14.7. The van der Waals surface area contributed by atoms with E-state index in [-0.39, 0.29) is 45.7 Å². The number of alkyl halides is 3. The molecule has 2 aromatic heterocycles. The van der Waals surface area contributed by atoms with Crippen LogP contribution in [0.5, 0.6) is 5.75 Å². The van der Waals surface area contributed by atoms with Gasteiger partial charge >= 0.3 is 6.18 Å². The number of benzene rings is 3. The third kappa shape index (κ3) is 5.13. The average Bonchev–Trinajstić information content (AvgIpc) is 3.55. The molecule has 0 saturated carbocycles. The highest BCUT2D eigenvalue weighted by molar-refractivity contribution is 6.31. The van der Waals surface area contributed by atoms with E-state index in [2.05, 4.69) is 10.3 Å². The van der Waals surface area contributed by atoms with Crippen molar-refractivity contribution in [2.75, 3.05) is 12.4 Å². The van der Waals surface area contributed by atoms with E-state index in [1.165, 1.54) is 36.2 Å². The number of carbonyl (C=O) groups is 2. The lowest BCUT2D eigenvalue weighted by atomic mass is 9.92. The molecule has 1 aliphatic rings. The van der Waals surface area contributed by atoms with Crippen LogP contribution in [0.1, 0.15) is 43.0 Å². The zero-order chi connectivity index (χ0) is 32.3. The molecule has 14 heteroatoms. The Labute approximate surface area is 256 Å². The molecule has 0 spiro atoms. The highest BCUT2D eigenvalue weighted by atomic mass is 35.5. The first-order valence-electron chi connectivity index (χ1n) is 13.1. The van der Waals surface area contributed by atoms with Gasteiger partial charge in [-0.1, -0.05) is 23.7 Å². The van der Waals surface area contributed by atoms with Crippen LogP contribution >= 0.6 is 11.6 Å². The molecule has 1 unspecified atom stereocenters. The Morgan fingerprint density at radius 2 is 1.80 bits per heavy atom. The monoisotopic (exact) mass is 642 g/mol. The van der Waals surface area contributed by atoms with Gasteiger partial charge in [0.05, 0.1) is 29.5 Å². The predicted molar refractivity (Wildman–Crippen MR) is 152 cm³/mol. The van der Waals surface area contributed by atoms with Gasteiger partial charge in [0.2, 0.25) is 0 Å². The van der Waals surface area contributed by atoms with Crippen molar-refractivity contribution < 1.29 is 41.4 Å². The van der Waals surface area contributed by atoms with Crippen molar-refractivity contribution in [2.24, 2.45) is 0 Å². The number of aliphatic hydroxyl groups is 1. The van der Waals surface area contributed by atoms with Crippen molar-refractivity contribution in [3.05, 3.63) is 129 Å². The first-order valence-corrected chi connectivity index (χ1v) is 13.5. The largest absolute Gasteiger partial charge is 0.497 e. The van der Waals surface area contributed by atoms with Crippen LogP contribution in [-0.4, -0.2) is 38.3 Å². The minimum atomic E-state index is -4.95. The van der Waals surface area contributed by atoms with Gasteiger partial charge in [-0.25, -0.2) is 13.8 Å². The number of halogens is 6. The van der Waals surface area contributed by atoms with Crippen LogP contribution < -0.4 is 10.1 Å². The molecule has 0 fully saturated rings. The van der Waals surface area contributed by atoms with Gasteiger partial charge < -0.3 is 19.6 Å². The molecular weight excluding hydrogens is 623 g/mol. The Morgan fingerprint density at radius 3 is 2.49 bits per heavy atom. The fraction of sp³-hybridized carbons (Fsp3) is 0.129. The van der Waals surface area contributed by atoms with Crippen LogP contribution in [0.4, 0.5) is 27.6 Å². The Balaban J connectivity index is 1.56. The highest BCUT2D eigenvalue weighted by Crippen LogP contribution is 2.49. The summed E-state index contributed by atoms with van der Waals surface area (Å²) < 4.78 is 75.6. The van der Waals surface area contributed by atoms with Gasteiger partial charge in [-0.3, -0.25) is 14.5 Å². The molecule has 1 aliphatic heterocycles. The molecule has 8 nitrogen and oxygen atoms in total. The van der Waals surface area contributed by atoms with Gasteiger partial charge in [-0.15, -0.1) is 0 Å². The van der Waals surface area contributed by atoms with Crippen LogP contribution in [0.2, 0.25) is 5.02 Å². The third-order valence-corrected chi connectivity index (χ3v) is 7.75. The van der Waals surface area contributed by atoms with Gasteiger partial charge in [-0.2, -0.15) is 13.2 Å². The minimum Gasteiger partial charge on any atom is -0.497 e. The molecule has 1 atom stereocenters. The first kappa shape index (κ1) is 30.0. The number of nitrogens with one attached hydrogen (secondary N) is 1. The number of hydrogen-bond donors (Lipinski definition) is 2. The maximum absolute atomic E-state index is 14.7. The predicted octanol–water partition coefficient (Wildman–Crippen LogP) is 6.40. The van der Waals surface area contributed by atoms with E-state index in [4.69, 9.17) is 16.3 Å². The molecule has 0 saturated heterocycles. The summed E-state index contributed by atoms with van der Waals surface area (Å²) in [6.07, 6.45) is -0.901. The summed E-state index contributed by atoms with van der Waals surface area (Å²) in [4.78, 5) is 32.8. The van der Waals surface area contributed by atoms with E-state index in [1.54, 1.807) is 24.3 Å². The molecule has 45 heavy (non-hydrogen) atoms. The van der Waals surface area contributed by atoms with E-state index < -0.39 is 46.5 Å². The molecule has 3 heterocycles. The molecular formula is C31H20ClF5N4O4. The number of anilines is 1. The summed E-state index contributed by atoms with van der Waals surface area (Å²) in [5.74, 6) is -3.56. The van der Waals surface area contributed by atoms with Crippen molar-refractivity contribution in [3.8, 4) is 5.75 Å². The van der Waals surface area contributed by atoms with E-state index >= 15 is 0 Å². The van der Waals surface area contributed by atoms with E-state index in [1.807, 2.05) is 0 Å². The van der Waals surface area contributed by atoms with Gasteiger partial charge in [0.15, 0.2) is 5.72 Å². The van der Waals surface area contributed by atoms with Gasteiger partial charge in [0, 0.05) is 41.3 Å². The molecule has 2 amide bonds. The van der Waals surface area contributed by atoms with E-state index in [0.717, 1.165) is 17.0 Å². The van der Waals surface area contributed by atoms with Crippen molar-refractivity contribution in [1.82, 2.24) is 14.3 Å². The highest BCUT2D eigenvalue weighted by Gasteiger charge is 2.54. The summed E-state index contributed by atoms with van der Waals surface area (Å²) in [6, 6.07) is 11.0. The van der Waals surface area contributed by atoms with E-state index in [0.29, 0.717) is 23.4 Å². The van der Waals surface area contributed by atoms with Crippen molar-refractivity contribution in [3.63, 3.8) is 0 Å². The number of rotatable bonds is 6. The molecule has 3 aromatic carbocycles. The fourth-order valence-electron chi connectivity index (χ4n) is 5.36. The van der Waals surface area contributed by atoms with Gasteiger partial charge in [-0.05, 0) is 54.1 Å². The average molecular weight is 643 g/mol. The smallest absolute Gasteiger partial charge is 0.416 e. The van der Waals surface area contributed by atoms with Crippen LogP contribution in [-0.2, 0) is 18.4 Å². The summed E-state index contributed by atoms with van der Waals surface area (Å²) in [5.41, 5.74) is -5.03. The second-order valence-electron chi connectivity index (χ2n) is 10.2. The summed E-state index contributed by atoms with van der Waals surface area (Å²) in [7, 11) is 1.47. The molecule has 0 radical (unpaired) electrons. The molecule has 0 bridgehead atoms. The normalized spacial score (nSPS) is 16.3. The van der Waals surface area contributed by atoms with Crippen molar-refractivity contribution in [2.45, 2.75) is 18.4 Å². The second kappa shape index (κ2) is 10.9. The number of imidazole rings is 1. The third-order valence-electron chi connectivity index (χ3n) is 7.42. The summed E-state index contributed by atoms with van der Waals surface area (Å²) in [5, 5.41) is 14.9. The number of hydrogen-bond acceptors (Lipinski definition) is 5. The van der Waals surface area contributed by atoms with Gasteiger partial charge in [0.1, 0.15) is 23.0 Å². The Hall–Kier alpha value is -5.01.